The number of likely N-dealkylation sites (N-methyl/N-ethyl adjacent to an activating group) is 1. The molecule has 1 aliphatic heterocycles. The molecular weight excluding hydrogens is 368 g/mol. The van der Waals surface area contributed by atoms with E-state index in [1.54, 1.807) is 20.2 Å². The van der Waals surface area contributed by atoms with E-state index in [4.69, 9.17) is 9.72 Å². The van der Waals surface area contributed by atoms with E-state index in [9.17, 15) is 5.11 Å². The van der Waals surface area contributed by atoms with Gasteiger partial charge in [0.05, 0.1) is 30.0 Å². The lowest BCUT2D eigenvalue weighted by atomic mass is 9.99. The maximum atomic E-state index is 9.61. The maximum absolute atomic E-state index is 9.61. The third-order valence-corrected chi connectivity index (χ3v) is 5.40. The van der Waals surface area contributed by atoms with Crippen LogP contribution in [0, 0.1) is 6.92 Å². The van der Waals surface area contributed by atoms with Crippen molar-refractivity contribution < 1.29 is 9.84 Å². The number of methoxy groups -OCH3 is 1. The van der Waals surface area contributed by atoms with Crippen LogP contribution in [0.5, 0.6) is 5.75 Å². The van der Waals surface area contributed by atoms with Gasteiger partial charge < -0.3 is 20.1 Å². The zero-order valence-electron chi connectivity index (χ0n) is 17.4. The number of aromatic nitrogens is 4. The Hall–Kier alpha value is -2.71. The van der Waals surface area contributed by atoms with E-state index in [1.165, 1.54) is 11.1 Å². The molecule has 0 bridgehead atoms. The molecule has 0 saturated carbocycles. The minimum atomic E-state index is -0.383. The summed E-state index contributed by atoms with van der Waals surface area (Å²) in [5.74, 6) is 1.29. The van der Waals surface area contributed by atoms with Gasteiger partial charge in [-0.15, -0.1) is 0 Å². The summed E-state index contributed by atoms with van der Waals surface area (Å²) < 4.78 is 7.45. The van der Waals surface area contributed by atoms with Crippen molar-refractivity contribution in [3.8, 4) is 5.75 Å². The molecule has 0 saturated heterocycles. The van der Waals surface area contributed by atoms with Gasteiger partial charge in [0, 0.05) is 25.8 Å². The first-order chi connectivity index (χ1) is 13.9. The summed E-state index contributed by atoms with van der Waals surface area (Å²) in [6.07, 6.45) is 3.05. The Balaban J connectivity index is 1.67. The second-order valence-corrected chi connectivity index (χ2v) is 7.81. The van der Waals surface area contributed by atoms with E-state index >= 15 is 0 Å². The Labute approximate surface area is 170 Å². The summed E-state index contributed by atoms with van der Waals surface area (Å²) >= 11 is 0. The van der Waals surface area contributed by atoms with E-state index in [-0.39, 0.29) is 6.10 Å². The van der Waals surface area contributed by atoms with Gasteiger partial charge in [-0.1, -0.05) is 0 Å². The van der Waals surface area contributed by atoms with E-state index in [2.05, 4.69) is 39.5 Å². The predicted octanol–water partition coefficient (Wildman–Crippen LogP) is 2.65. The van der Waals surface area contributed by atoms with Crippen molar-refractivity contribution in [3.05, 3.63) is 35.2 Å². The van der Waals surface area contributed by atoms with Gasteiger partial charge in [-0.2, -0.15) is 10.1 Å². The van der Waals surface area contributed by atoms with E-state index in [1.807, 2.05) is 11.6 Å². The molecule has 0 aliphatic carbocycles. The van der Waals surface area contributed by atoms with Crippen molar-refractivity contribution in [2.75, 3.05) is 26.0 Å². The number of benzene rings is 1. The molecule has 2 aromatic heterocycles. The highest BCUT2D eigenvalue weighted by Gasteiger charge is 2.18. The Kier molecular flexibility index (Phi) is 5.38. The normalized spacial score (nSPS) is 15.3. The highest BCUT2D eigenvalue weighted by atomic mass is 16.5. The number of fused-ring (bicyclic) bond motifs is 2. The summed E-state index contributed by atoms with van der Waals surface area (Å²) in [5, 5.41) is 18.4. The van der Waals surface area contributed by atoms with Gasteiger partial charge in [-0.3, -0.25) is 0 Å². The van der Waals surface area contributed by atoms with Crippen LogP contribution in [0.3, 0.4) is 0 Å². The summed E-state index contributed by atoms with van der Waals surface area (Å²) in [5.41, 5.74) is 5.12. The number of aliphatic hydroxyl groups excluding tert-OH is 1. The van der Waals surface area contributed by atoms with Crippen LogP contribution in [-0.4, -0.2) is 56.6 Å². The van der Waals surface area contributed by atoms with Gasteiger partial charge in [0.15, 0.2) is 5.65 Å². The first kappa shape index (κ1) is 19.6. The lowest BCUT2D eigenvalue weighted by Gasteiger charge is -2.26. The molecule has 154 valence electrons. The van der Waals surface area contributed by atoms with Crippen LogP contribution in [0.1, 0.15) is 30.2 Å². The fraction of sp³-hybridized carbons (Fsp3) is 0.476. The number of aryl methyl sites for hydroxylation is 2. The summed E-state index contributed by atoms with van der Waals surface area (Å²) in [4.78, 5) is 11.5. The van der Waals surface area contributed by atoms with E-state index in [0.29, 0.717) is 18.9 Å². The fourth-order valence-electron chi connectivity index (χ4n) is 3.75. The number of ether oxygens (including phenoxy) is 1. The number of rotatable bonds is 6. The molecule has 0 amide bonds. The smallest absolute Gasteiger partial charge is 0.229 e. The van der Waals surface area contributed by atoms with Crippen LogP contribution in [0.15, 0.2) is 18.3 Å². The molecule has 1 aliphatic rings. The van der Waals surface area contributed by atoms with Crippen molar-refractivity contribution in [2.24, 2.45) is 0 Å². The zero-order valence-corrected chi connectivity index (χ0v) is 17.4. The topological polar surface area (TPSA) is 88.3 Å². The molecule has 0 radical (unpaired) electrons. The molecule has 2 N–H and O–H groups in total. The average Bonchev–Trinajstić information content (AvgIpc) is 3.01. The Morgan fingerprint density at radius 3 is 2.90 bits per heavy atom. The van der Waals surface area contributed by atoms with Crippen LogP contribution in [0.4, 0.5) is 11.6 Å². The molecule has 0 spiro atoms. The second kappa shape index (κ2) is 7.96. The molecule has 8 heteroatoms. The minimum Gasteiger partial charge on any atom is -0.495 e. The Bertz CT molecular complexity index is 1030. The molecule has 3 heterocycles. The highest BCUT2D eigenvalue weighted by Crippen LogP contribution is 2.33. The molecule has 3 aromatic rings. The van der Waals surface area contributed by atoms with Gasteiger partial charge in [0.1, 0.15) is 5.75 Å². The van der Waals surface area contributed by atoms with Gasteiger partial charge in [-0.05, 0) is 57.0 Å². The first-order valence-corrected chi connectivity index (χ1v) is 9.98. The number of aliphatic hydroxyl groups is 1. The van der Waals surface area contributed by atoms with Crippen molar-refractivity contribution in [2.45, 2.75) is 45.9 Å². The summed E-state index contributed by atoms with van der Waals surface area (Å²) in [6.45, 7) is 6.30. The third kappa shape index (κ3) is 4.04. The SMILES string of the molecule is COc1cc2c(cc1Nc1ncc3c(C)nn(CC[C@H](C)O)c3n1)CN(C)CC2. The lowest BCUT2D eigenvalue weighted by molar-refractivity contribution is 0.177. The molecule has 0 fully saturated rings. The standard InChI is InChI=1S/C21H28N6O2/c1-13(28)5-8-27-20-17(14(2)25-27)11-22-21(24-20)23-18-9-16-12-26(3)7-6-15(16)10-19(18)29-4/h9-11,13,28H,5-8,12H2,1-4H3,(H,22,23,24)/t13-/m0/s1. The van der Waals surface area contributed by atoms with Gasteiger partial charge in [-0.25, -0.2) is 9.67 Å². The zero-order chi connectivity index (χ0) is 20.5. The number of nitrogens with zero attached hydrogens (tertiary/aromatic N) is 5. The minimum absolute atomic E-state index is 0.383. The van der Waals surface area contributed by atoms with Crippen LogP contribution in [-0.2, 0) is 19.5 Å². The molecule has 4 rings (SSSR count). The summed E-state index contributed by atoms with van der Waals surface area (Å²) in [6, 6.07) is 4.24. The van der Waals surface area contributed by atoms with E-state index < -0.39 is 0 Å². The fourth-order valence-corrected chi connectivity index (χ4v) is 3.75. The van der Waals surface area contributed by atoms with Crippen LogP contribution >= 0.6 is 0 Å². The summed E-state index contributed by atoms with van der Waals surface area (Å²) in [7, 11) is 3.81. The van der Waals surface area contributed by atoms with Crippen molar-refractivity contribution in [3.63, 3.8) is 0 Å². The predicted molar refractivity (Wildman–Crippen MR) is 113 cm³/mol. The van der Waals surface area contributed by atoms with Crippen molar-refractivity contribution >= 4 is 22.7 Å². The quantitative estimate of drug-likeness (QED) is 0.662. The first-order valence-electron chi connectivity index (χ1n) is 9.98. The third-order valence-electron chi connectivity index (χ3n) is 5.40. The molecular formula is C21H28N6O2. The Morgan fingerprint density at radius 1 is 1.31 bits per heavy atom. The van der Waals surface area contributed by atoms with E-state index in [0.717, 1.165) is 47.7 Å². The monoisotopic (exact) mass is 396 g/mol. The Morgan fingerprint density at radius 2 is 2.14 bits per heavy atom. The number of hydrogen-bond acceptors (Lipinski definition) is 7. The average molecular weight is 396 g/mol. The molecule has 8 nitrogen and oxygen atoms in total. The molecule has 29 heavy (non-hydrogen) atoms. The lowest BCUT2D eigenvalue weighted by Crippen LogP contribution is -2.26. The number of nitrogens with one attached hydrogen (secondary N) is 1. The molecule has 0 unspecified atom stereocenters. The van der Waals surface area contributed by atoms with Crippen LogP contribution < -0.4 is 10.1 Å². The number of hydrogen-bond donors (Lipinski definition) is 2. The largest absolute Gasteiger partial charge is 0.495 e. The maximum Gasteiger partial charge on any atom is 0.229 e. The van der Waals surface area contributed by atoms with Crippen LogP contribution in [0.2, 0.25) is 0 Å². The molecule has 1 aromatic carbocycles. The van der Waals surface area contributed by atoms with Gasteiger partial charge >= 0.3 is 0 Å². The van der Waals surface area contributed by atoms with Gasteiger partial charge in [0.25, 0.3) is 0 Å². The van der Waals surface area contributed by atoms with Crippen LogP contribution in [0.25, 0.3) is 11.0 Å². The van der Waals surface area contributed by atoms with Crippen molar-refractivity contribution in [1.82, 2.24) is 24.6 Å². The molecule has 1 atom stereocenters. The second-order valence-electron chi connectivity index (χ2n) is 7.81. The number of anilines is 2. The highest BCUT2D eigenvalue weighted by molar-refractivity contribution is 5.79. The van der Waals surface area contributed by atoms with Crippen molar-refractivity contribution in [1.29, 1.82) is 0 Å². The van der Waals surface area contributed by atoms with Gasteiger partial charge in [0.2, 0.25) is 5.95 Å².